The molecule has 36 valence electrons. The molecule has 0 spiro atoms. The highest BCUT2D eigenvalue weighted by Crippen LogP contribution is 1.66. The van der Waals surface area contributed by atoms with Gasteiger partial charge >= 0.3 is 0 Å². The minimum atomic E-state index is 0.537. The van der Waals surface area contributed by atoms with Crippen molar-refractivity contribution in [1.29, 1.82) is 5.41 Å². The summed E-state index contributed by atoms with van der Waals surface area (Å²) in [5.41, 5.74) is 0.537. The molecule has 0 saturated carbocycles. The Kier molecular flexibility index (Phi) is 2.62. The molecule has 0 aromatic rings. The molecule has 0 amide bonds. The van der Waals surface area contributed by atoms with E-state index < -0.39 is 0 Å². The number of aliphatic imine (C=N–C) groups is 1. The van der Waals surface area contributed by atoms with Crippen LogP contribution < -0.4 is 0 Å². The third-order valence-corrected chi connectivity index (χ3v) is 0.467. The molecule has 2 heteroatoms. The second kappa shape index (κ2) is 3.10. The minimum absolute atomic E-state index is 0.537. The normalized spacial score (nSPS) is 10.0. The number of nitrogens with zero attached hydrogens (tertiary/aromatic N) is 1. The molecule has 0 heterocycles. The third-order valence-electron chi connectivity index (χ3n) is 0.467. The second-order valence-corrected chi connectivity index (χ2v) is 0.988. The highest BCUT2D eigenvalue weighted by atomic mass is 14.7. The Morgan fingerprint density at radius 2 is 2.57 bits per heavy atom. The van der Waals surface area contributed by atoms with Gasteiger partial charge in [-0.2, -0.15) is 0 Å². The Morgan fingerprint density at radius 1 is 2.00 bits per heavy atom. The fraction of sp³-hybridized carbons (Fsp3) is 0.200. The van der Waals surface area contributed by atoms with Crippen LogP contribution in [0.4, 0.5) is 0 Å². The van der Waals surface area contributed by atoms with Crippen LogP contribution in [0.3, 0.4) is 0 Å². The van der Waals surface area contributed by atoms with Crippen LogP contribution in [0.5, 0.6) is 0 Å². The van der Waals surface area contributed by atoms with Gasteiger partial charge in [0.1, 0.15) is 6.34 Å². The van der Waals surface area contributed by atoms with Crippen molar-refractivity contribution in [2.24, 2.45) is 4.99 Å². The van der Waals surface area contributed by atoms with Crippen LogP contribution in [-0.2, 0) is 0 Å². The van der Waals surface area contributed by atoms with Crippen LogP contribution in [0.15, 0.2) is 4.99 Å². The second-order valence-electron chi connectivity index (χ2n) is 0.988. The van der Waals surface area contributed by atoms with E-state index in [1.807, 2.05) is 0 Å². The van der Waals surface area contributed by atoms with Crippen molar-refractivity contribution < 1.29 is 0 Å². The summed E-state index contributed by atoms with van der Waals surface area (Å²) in [5.74, 6) is 2.26. The molecule has 0 rings (SSSR count). The number of hydrogen-bond donors (Lipinski definition) is 1. The van der Waals surface area contributed by atoms with Crippen molar-refractivity contribution >= 4 is 12.1 Å². The van der Waals surface area contributed by atoms with Gasteiger partial charge in [0.2, 0.25) is 0 Å². The van der Waals surface area contributed by atoms with Gasteiger partial charge in [-0.3, -0.25) is 5.41 Å². The average molecular weight is 94.1 g/mol. The number of rotatable bonds is 1. The van der Waals surface area contributed by atoms with Crippen molar-refractivity contribution in [2.75, 3.05) is 0 Å². The summed E-state index contributed by atoms with van der Waals surface area (Å²) < 4.78 is 0. The van der Waals surface area contributed by atoms with E-state index in [2.05, 4.69) is 10.9 Å². The number of terminal acetylenes is 1. The molecule has 0 bridgehead atoms. The molecule has 0 aromatic carbocycles. The fourth-order valence-electron chi connectivity index (χ4n) is 0.134. The van der Waals surface area contributed by atoms with Crippen molar-refractivity contribution in [3.8, 4) is 12.3 Å². The zero-order chi connectivity index (χ0) is 5.70. The Bertz CT molecular complexity index is 128. The van der Waals surface area contributed by atoms with Crippen molar-refractivity contribution in [3.63, 3.8) is 0 Å². The summed E-state index contributed by atoms with van der Waals surface area (Å²) in [6.45, 7) is 1.67. The maximum Gasteiger partial charge on any atom is 0.107 e. The lowest BCUT2D eigenvalue weighted by Crippen LogP contribution is -1.81. The van der Waals surface area contributed by atoms with Crippen LogP contribution >= 0.6 is 0 Å². The van der Waals surface area contributed by atoms with E-state index in [9.17, 15) is 0 Å². The van der Waals surface area contributed by atoms with Gasteiger partial charge in [0.25, 0.3) is 0 Å². The molecule has 0 radical (unpaired) electrons. The molecular formula is C5H6N2. The van der Waals surface area contributed by atoms with Crippen molar-refractivity contribution in [3.05, 3.63) is 0 Å². The minimum Gasteiger partial charge on any atom is -0.289 e. The fourth-order valence-corrected chi connectivity index (χ4v) is 0.134. The largest absolute Gasteiger partial charge is 0.289 e. The van der Waals surface area contributed by atoms with Gasteiger partial charge in [0.05, 0.1) is 5.71 Å². The zero-order valence-corrected chi connectivity index (χ0v) is 4.10. The highest BCUT2D eigenvalue weighted by molar-refractivity contribution is 6.01. The van der Waals surface area contributed by atoms with Crippen LogP contribution in [0.2, 0.25) is 0 Å². The molecule has 0 saturated heterocycles. The summed E-state index contributed by atoms with van der Waals surface area (Å²) in [6, 6.07) is 0. The maximum absolute atomic E-state index is 6.43. The molecule has 7 heavy (non-hydrogen) atoms. The quantitative estimate of drug-likeness (QED) is 0.282. The van der Waals surface area contributed by atoms with E-state index in [1.165, 1.54) is 0 Å². The van der Waals surface area contributed by atoms with Crippen molar-refractivity contribution in [2.45, 2.75) is 6.92 Å². The molecule has 0 atom stereocenters. The number of hydrogen-bond acceptors (Lipinski definition) is 1. The summed E-state index contributed by atoms with van der Waals surface area (Å²) in [6.07, 6.45) is 5.80. The SMILES string of the molecule is C#CC(C)=NC=N. The predicted octanol–water partition coefficient (Wildman–Crippen LogP) is 0.688. The van der Waals surface area contributed by atoms with Gasteiger partial charge in [0.15, 0.2) is 0 Å². The highest BCUT2D eigenvalue weighted by Gasteiger charge is 1.72. The molecule has 0 fully saturated rings. The third kappa shape index (κ3) is 2.71. The molecule has 0 unspecified atom stereocenters. The summed E-state index contributed by atoms with van der Waals surface area (Å²) >= 11 is 0. The Morgan fingerprint density at radius 3 is 2.71 bits per heavy atom. The van der Waals surface area contributed by atoms with E-state index in [1.54, 1.807) is 6.92 Å². The van der Waals surface area contributed by atoms with Gasteiger partial charge in [-0.05, 0) is 6.92 Å². The van der Waals surface area contributed by atoms with E-state index >= 15 is 0 Å². The molecule has 0 aliphatic carbocycles. The summed E-state index contributed by atoms with van der Waals surface area (Å²) in [4.78, 5) is 3.47. The van der Waals surface area contributed by atoms with Crippen LogP contribution in [0.25, 0.3) is 0 Å². The summed E-state index contributed by atoms with van der Waals surface area (Å²) in [5, 5.41) is 6.43. The first-order valence-corrected chi connectivity index (χ1v) is 1.81. The molecular weight excluding hydrogens is 88.1 g/mol. The Labute approximate surface area is 42.8 Å². The van der Waals surface area contributed by atoms with E-state index in [4.69, 9.17) is 11.8 Å². The molecule has 0 aromatic heterocycles. The first-order valence-electron chi connectivity index (χ1n) is 1.81. The first kappa shape index (κ1) is 5.90. The number of nitrogens with one attached hydrogen (secondary N) is 1. The van der Waals surface area contributed by atoms with Gasteiger partial charge in [0, 0.05) is 0 Å². The smallest absolute Gasteiger partial charge is 0.107 e. The maximum atomic E-state index is 6.43. The van der Waals surface area contributed by atoms with E-state index in [0.29, 0.717) is 5.71 Å². The van der Waals surface area contributed by atoms with E-state index in [0.717, 1.165) is 6.34 Å². The first-order chi connectivity index (χ1) is 3.31. The lowest BCUT2D eigenvalue weighted by atomic mass is 10.5. The van der Waals surface area contributed by atoms with E-state index in [-0.39, 0.29) is 0 Å². The van der Waals surface area contributed by atoms with Gasteiger partial charge in [-0.1, -0.05) is 5.92 Å². The molecule has 1 N–H and O–H groups in total. The Hall–Kier alpha value is -1.10. The molecule has 0 aliphatic heterocycles. The summed E-state index contributed by atoms with van der Waals surface area (Å²) in [7, 11) is 0. The topological polar surface area (TPSA) is 36.2 Å². The van der Waals surface area contributed by atoms with Crippen molar-refractivity contribution in [1.82, 2.24) is 0 Å². The lowest BCUT2D eigenvalue weighted by Gasteiger charge is -1.75. The zero-order valence-electron chi connectivity index (χ0n) is 4.10. The van der Waals surface area contributed by atoms with Crippen LogP contribution in [0.1, 0.15) is 6.92 Å². The lowest BCUT2D eigenvalue weighted by molar-refractivity contribution is 1.51. The molecule has 2 nitrogen and oxygen atoms in total. The van der Waals surface area contributed by atoms with Crippen LogP contribution in [-0.4, -0.2) is 12.1 Å². The monoisotopic (exact) mass is 94.1 g/mol. The van der Waals surface area contributed by atoms with Crippen LogP contribution in [0, 0.1) is 17.8 Å². The van der Waals surface area contributed by atoms with Gasteiger partial charge in [-0.15, -0.1) is 6.42 Å². The standard InChI is InChI=1S/C5H6N2/c1-3-5(2)7-4-6/h1,4,6H,2H3. The average Bonchev–Trinajstić information content (AvgIpc) is 1.68. The van der Waals surface area contributed by atoms with Gasteiger partial charge in [-0.25, -0.2) is 4.99 Å². The van der Waals surface area contributed by atoms with Gasteiger partial charge < -0.3 is 0 Å². The predicted molar refractivity (Wildman–Crippen MR) is 30.7 cm³/mol. The Balaban J connectivity index is 3.80. The molecule has 0 aliphatic rings.